The number of hydrogen-bond donors (Lipinski definition) is 2. The highest BCUT2D eigenvalue weighted by molar-refractivity contribution is 7.89. The van der Waals surface area contributed by atoms with Gasteiger partial charge in [0.15, 0.2) is 11.5 Å². The number of hydrogen-bond acceptors (Lipinski definition) is 6. The van der Waals surface area contributed by atoms with Gasteiger partial charge in [-0.05, 0) is 29.8 Å². The van der Waals surface area contributed by atoms with Crippen molar-refractivity contribution in [2.75, 3.05) is 13.3 Å². The molecule has 140 valence electrons. The van der Waals surface area contributed by atoms with Gasteiger partial charge in [-0.2, -0.15) is 0 Å². The van der Waals surface area contributed by atoms with Crippen LogP contribution in [0.15, 0.2) is 47.4 Å². The predicted octanol–water partition coefficient (Wildman–Crippen LogP) is 0.381. The Morgan fingerprint density at radius 2 is 1.93 bits per heavy atom. The number of benzene rings is 2. The molecule has 9 nitrogen and oxygen atoms in total. The molecule has 2 aromatic rings. The van der Waals surface area contributed by atoms with Crippen LogP contribution in [0.3, 0.4) is 0 Å². The summed E-state index contributed by atoms with van der Waals surface area (Å²) in [6, 6.07) is 11.1. The van der Waals surface area contributed by atoms with E-state index in [-0.39, 0.29) is 23.8 Å². The van der Waals surface area contributed by atoms with Gasteiger partial charge in [-0.1, -0.05) is 18.2 Å². The van der Waals surface area contributed by atoms with Crippen molar-refractivity contribution in [2.45, 2.75) is 11.4 Å². The zero-order valence-electron chi connectivity index (χ0n) is 14.0. The number of fused-ring (bicyclic) bond motifs is 2. The predicted molar refractivity (Wildman–Crippen MR) is 92.2 cm³/mol. The van der Waals surface area contributed by atoms with Crippen LogP contribution in [0.25, 0.3) is 0 Å². The third kappa shape index (κ3) is 3.32. The van der Waals surface area contributed by atoms with Crippen molar-refractivity contribution in [1.82, 2.24) is 15.2 Å². The van der Waals surface area contributed by atoms with E-state index in [1.807, 2.05) is 0 Å². The van der Waals surface area contributed by atoms with E-state index in [1.54, 1.807) is 24.3 Å². The quantitative estimate of drug-likeness (QED) is 0.782. The molecule has 0 atom stereocenters. The molecule has 0 aliphatic carbocycles. The molecule has 0 aromatic heterocycles. The van der Waals surface area contributed by atoms with Gasteiger partial charge in [0.25, 0.3) is 15.9 Å². The van der Waals surface area contributed by atoms with Gasteiger partial charge < -0.3 is 14.8 Å². The standard InChI is InChI=1S/C17H15N3O6S/c21-16(18-8-11-5-6-13-14(7-11)26-10-25-13)9-20-17(22)12-3-1-2-4-15(12)27(23,24)19-20/h1-7,19H,8-10H2,(H,18,21). The highest BCUT2D eigenvalue weighted by atomic mass is 32.2. The number of rotatable bonds is 4. The number of carbonyl (C=O) groups excluding carboxylic acids is 2. The third-order valence-electron chi connectivity index (χ3n) is 4.11. The second-order valence-electron chi connectivity index (χ2n) is 5.95. The Labute approximate surface area is 154 Å². The Morgan fingerprint density at radius 1 is 1.15 bits per heavy atom. The topological polar surface area (TPSA) is 114 Å². The molecule has 0 radical (unpaired) electrons. The zero-order valence-corrected chi connectivity index (χ0v) is 14.8. The van der Waals surface area contributed by atoms with Crippen LogP contribution in [0.1, 0.15) is 15.9 Å². The van der Waals surface area contributed by atoms with Crippen molar-refractivity contribution in [3.05, 3.63) is 53.6 Å². The lowest BCUT2D eigenvalue weighted by Gasteiger charge is -2.28. The summed E-state index contributed by atoms with van der Waals surface area (Å²) in [7, 11) is -3.90. The maximum atomic E-state index is 12.4. The highest BCUT2D eigenvalue weighted by Crippen LogP contribution is 2.32. The van der Waals surface area contributed by atoms with Crippen molar-refractivity contribution in [3.63, 3.8) is 0 Å². The van der Waals surface area contributed by atoms with E-state index in [9.17, 15) is 18.0 Å². The van der Waals surface area contributed by atoms with E-state index in [0.717, 1.165) is 10.6 Å². The molecule has 2 aliphatic rings. The molecule has 2 aliphatic heterocycles. The molecule has 2 amide bonds. The number of carbonyl (C=O) groups is 2. The molecule has 0 bridgehead atoms. The summed E-state index contributed by atoms with van der Waals surface area (Å²) in [6.07, 6.45) is 0. The summed E-state index contributed by atoms with van der Waals surface area (Å²) in [5.74, 6) is 0.135. The number of ether oxygens (including phenoxy) is 2. The number of nitrogens with one attached hydrogen (secondary N) is 2. The Hall–Kier alpha value is -3.11. The molecular weight excluding hydrogens is 374 g/mol. The van der Waals surface area contributed by atoms with Gasteiger partial charge in [0.1, 0.15) is 6.54 Å². The van der Waals surface area contributed by atoms with Crippen LogP contribution >= 0.6 is 0 Å². The fourth-order valence-electron chi connectivity index (χ4n) is 2.81. The number of hydrazine groups is 1. The van der Waals surface area contributed by atoms with Crippen LogP contribution in [-0.4, -0.2) is 38.6 Å². The fourth-order valence-corrected chi connectivity index (χ4v) is 4.05. The molecule has 2 heterocycles. The normalized spacial score (nSPS) is 16.7. The number of nitrogens with zero attached hydrogens (tertiary/aromatic N) is 1. The molecule has 0 saturated heterocycles. The van der Waals surface area contributed by atoms with Crippen LogP contribution in [-0.2, 0) is 21.4 Å². The number of amides is 2. The van der Waals surface area contributed by atoms with E-state index in [4.69, 9.17) is 9.47 Å². The van der Waals surface area contributed by atoms with Gasteiger partial charge in [-0.3, -0.25) is 14.6 Å². The largest absolute Gasteiger partial charge is 0.454 e. The monoisotopic (exact) mass is 389 g/mol. The summed E-state index contributed by atoms with van der Waals surface area (Å²) < 4.78 is 35.0. The van der Waals surface area contributed by atoms with Gasteiger partial charge in [0, 0.05) is 6.54 Å². The minimum atomic E-state index is -3.90. The van der Waals surface area contributed by atoms with E-state index < -0.39 is 28.4 Å². The first-order valence-corrected chi connectivity index (χ1v) is 9.51. The van der Waals surface area contributed by atoms with Crippen LogP contribution in [0.4, 0.5) is 0 Å². The van der Waals surface area contributed by atoms with Crippen molar-refractivity contribution in [2.24, 2.45) is 0 Å². The summed E-state index contributed by atoms with van der Waals surface area (Å²) in [4.78, 5) is 26.6. The molecule has 2 aromatic carbocycles. The minimum absolute atomic E-state index is 0.0276. The molecular formula is C17H15N3O6S. The summed E-state index contributed by atoms with van der Waals surface area (Å²) >= 11 is 0. The van der Waals surface area contributed by atoms with Gasteiger partial charge >= 0.3 is 0 Å². The second-order valence-corrected chi connectivity index (χ2v) is 7.58. The average Bonchev–Trinajstić information content (AvgIpc) is 3.12. The molecule has 0 unspecified atom stereocenters. The Morgan fingerprint density at radius 3 is 2.78 bits per heavy atom. The van der Waals surface area contributed by atoms with Crippen LogP contribution in [0, 0.1) is 0 Å². The maximum Gasteiger partial charge on any atom is 0.270 e. The molecule has 0 saturated carbocycles. The lowest BCUT2D eigenvalue weighted by Crippen LogP contribution is -2.53. The van der Waals surface area contributed by atoms with E-state index in [0.29, 0.717) is 11.5 Å². The molecule has 10 heteroatoms. The van der Waals surface area contributed by atoms with Crippen molar-refractivity contribution in [1.29, 1.82) is 0 Å². The van der Waals surface area contributed by atoms with Crippen LogP contribution < -0.4 is 19.6 Å². The first-order chi connectivity index (χ1) is 12.9. The fraction of sp³-hybridized carbons (Fsp3) is 0.176. The van der Waals surface area contributed by atoms with E-state index in [1.165, 1.54) is 18.2 Å². The lowest BCUT2D eigenvalue weighted by molar-refractivity contribution is -0.122. The highest BCUT2D eigenvalue weighted by Gasteiger charge is 2.34. The number of sulfonamides is 1. The Kier molecular flexibility index (Phi) is 4.21. The smallest absolute Gasteiger partial charge is 0.270 e. The second kappa shape index (κ2) is 6.56. The summed E-state index contributed by atoms with van der Waals surface area (Å²) in [6.45, 7) is -0.0956. The van der Waals surface area contributed by atoms with E-state index in [2.05, 4.69) is 10.1 Å². The average molecular weight is 389 g/mol. The Bertz CT molecular complexity index is 1040. The molecule has 2 N–H and O–H groups in total. The first kappa shape index (κ1) is 17.3. The minimum Gasteiger partial charge on any atom is -0.454 e. The van der Waals surface area contributed by atoms with Crippen molar-refractivity contribution >= 4 is 21.8 Å². The lowest BCUT2D eigenvalue weighted by atomic mass is 10.2. The van der Waals surface area contributed by atoms with Gasteiger partial charge in [0.05, 0.1) is 10.5 Å². The molecule has 0 spiro atoms. The molecule has 4 rings (SSSR count). The Balaban J connectivity index is 1.42. The van der Waals surface area contributed by atoms with Crippen molar-refractivity contribution < 1.29 is 27.5 Å². The third-order valence-corrected chi connectivity index (χ3v) is 5.51. The molecule has 0 fully saturated rings. The maximum absolute atomic E-state index is 12.4. The van der Waals surface area contributed by atoms with Crippen molar-refractivity contribution in [3.8, 4) is 11.5 Å². The summed E-state index contributed by atoms with van der Waals surface area (Å²) in [5, 5.41) is 3.43. The van der Waals surface area contributed by atoms with E-state index >= 15 is 0 Å². The van der Waals surface area contributed by atoms with Crippen LogP contribution in [0.2, 0.25) is 0 Å². The van der Waals surface area contributed by atoms with Gasteiger partial charge in [-0.25, -0.2) is 8.42 Å². The van der Waals surface area contributed by atoms with Gasteiger partial charge in [-0.15, -0.1) is 4.83 Å². The van der Waals surface area contributed by atoms with Crippen LogP contribution in [0.5, 0.6) is 11.5 Å². The summed E-state index contributed by atoms with van der Waals surface area (Å²) in [5.41, 5.74) is 0.809. The first-order valence-electron chi connectivity index (χ1n) is 8.02. The SMILES string of the molecule is O=C(CN1NS(=O)(=O)c2ccccc2C1=O)NCc1ccc2c(c1)OCO2. The molecule has 27 heavy (non-hydrogen) atoms. The van der Waals surface area contributed by atoms with Gasteiger partial charge in [0.2, 0.25) is 12.7 Å². The zero-order chi connectivity index (χ0) is 19.0.